The number of alkyl halides is 1. The molecular weight excluding hydrogens is 386 g/mol. The minimum absolute atomic E-state index is 0.0402. The van der Waals surface area contributed by atoms with Gasteiger partial charge in [-0.25, -0.2) is 4.57 Å². The number of aryl methyl sites for hydroxylation is 1. The predicted molar refractivity (Wildman–Crippen MR) is 113 cm³/mol. The lowest BCUT2D eigenvalue weighted by atomic mass is 10.1. The van der Waals surface area contributed by atoms with Gasteiger partial charge in [-0.1, -0.05) is 78.0 Å². The normalized spacial score (nSPS) is 11.1. The van der Waals surface area contributed by atoms with Gasteiger partial charge >= 0.3 is 0 Å². The summed E-state index contributed by atoms with van der Waals surface area (Å²) in [6.45, 7) is 1.06. The first kappa shape index (κ1) is 20.6. The first-order valence-corrected chi connectivity index (χ1v) is 10.7. The Labute approximate surface area is 166 Å². The summed E-state index contributed by atoms with van der Waals surface area (Å²) in [6.07, 6.45) is 17.0. The molecular formula is C23H29BrNO+. The molecule has 0 bridgehead atoms. The lowest BCUT2D eigenvalue weighted by Crippen LogP contribution is -2.32. The fourth-order valence-corrected chi connectivity index (χ4v) is 3.27. The van der Waals surface area contributed by atoms with Crippen LogP contribution in [0.3, 0.4) is 0 Å². The van der Waals surface area contributed by atoms with Gasteiger partial charge in [-0.3, -0.25) is 4.79 Å². The Kier molecular flexibility index (Phi) is 9.96. The molecule has 0 N–H and O–H groups in total. The summed E-state index contributed by atoms with van der Waals surface area (Å²) >= 11 is 3.48. The lowest BCUT2D eigenvalue weighted by molar-refractivity contribution is -0.697. The zero-order valence-corrected chi connectivity index (χ0v) is 17.0. The summed E-state index contributed by atoms with van der Waals surface area (Å²) in [5.74, 6) is 0.0402. The quantitative estimate of drug-likeness (QED) is 0.137. The van der Waals surface area contributed by atoms with Crippen LogP contribution < -0.4 is 4.57 Å². The van der Waals surface area contributed by atoms with Crippen LogP contribution in [-0.2, 0) is 6.54 Å². The first-order valence-electron chi connectivity index (χ1n) is 9.62. The molecule has 0 unspecified atom stereocenters. The molecule has 0 fully saturated rings. The van der Waals surface area contributed by atoms with Crippen molar-refractivity contribution in [2.24, 2.45) is 0 Å². The number of aromatic nitrogens is 1. The summed E-state index contributed by atoms with van der Waals surface area (Å²) in [7, 11) is 0. The highest BCUT2D eigenvalue weighted by atomic mass is 79.9. The van der Waals surface area contributed by atoms with E-state index in [2.05, 4.69) is 45.0 Å². The third kappa shape index (κ3) is 8.09. The van der Waals surface area contributed by atoms with E-state index < -0.39 is 0 Å². The maximum atomic E-state index is 12.1. The zero-order valence-electron chi connectivity index (χ0n) is 15.4. The van der Waals surface area contributed by atoms with E-state index in [9.17, 15) is 4.79 Å². The molecule has 0 saturated carbocycles. The molecule has 1 aromatic heterocycles. The van der Waals surface area contributed by atoms with E-state index in [0.717, 1.165) is 23.0 Å². The molecule has 2 aromatic rings. The van der Waals surface area contributed by atoms with E-state index in [1.165, 1.54) is 44.9 Å². The molecule has 138 valence electrons. The average Bonchev–Trinajstić information content (AvgIpc) is 2.69. The second-order valence-corrected chi connectivity index (χ2v) is 7.39. The van der Waals surface area contributed by atoms with E-state index >= 15 is 0 Å². The van der Waals surface area contributed by atoms with E-state index in [-0.39, 0.29) is 5.78 Å². The Balaban J connectivity index is 1.68. The molecule has 3 heteroatoms. The standard InChI is InChI=1S/C23H29BrNO/c24-17-9-4-2-1-3-5-10-18-25-19-15-21(16-20-25)13-14-23(26)22-11-7-6-8-12-22/h6-8,11-16,19-20H,1-5,9-10,17-18H2/q+1/b14-13+. The lowest BCUT2D eigenvalue weighted by Gasteiger charge is -2.00. The van der Waals surface area contributed by atoms with Crippen LogP contribution in [-0.4, -0.2) is 11.1 Å². The Morgan fingerprint density at radius 2 is 1.46 bits per heavy atom. The van der Waals surface area contributed by atoms with Crippen molar-refractivity contribution in [2.45, 2.75) is 51.5 Å². The maximum absolute atomic E-state index is 12.1. The molecule has 0 amide bonds. The SMILES string of the molecule is O=C(/C=C/c1cc[n+](CCCCCCCCCBr)cc1)c1ccccc1. The van der Waals surface area contributed by atoms with Crippen molar-refractivity contribution in [3.8, 4) is 0 Å². The van der Waals surface area contributed by atoms with Crippen molar-refractivity contribution < 1.29 is 9.36 Å². The smallest absolute Gasteiger partial charge is 0.185 e. The number of nitrogens with zero attached hydrogens (tertiary/aromatic N) is 1. The van der Waals surface area contributed by atoms with Crippen LogP contribution in [0.25, 0.3) is 6.08 Å². The highest BCUT2D eigenvalue weighted by Crippen LogP contribution is 2.08. The number of allylic oxidation sites excluding steroid dienone is 1. The Morgan fingerprint density at radius 3 is 2.12 bits per heavy atom. The predicted octanol–water partition coefficient (Wildman–Crippen LogP) is 6.00. The van der Waals surface area contributed by atoms with Gasteiger partial charge in [0.2, 0.25) is 0 Å². The van der Waals surface area contributed by atoms with Gasteiger partial charge in [0.1, 0.15) is 6.54 Å². The molecule has 2 nitrogen and oxygen atoms in total. The van der Waals surface area contributed by atoms with Crippen molar-refractivity contribution in [2.75, 3.05) is 5.33 Å². The van der Waals surface area contributed by atoms with Crippen molar-refractivity contribution in [1.82, 2.24) is 0 Å². The summed E-state index contributed by atoms with van der Waals surface area (Å²) in [5.41, 5.74) is 1.78. The van der Waals surface area contributed by atoms with E-state index in [0.29, 0.717) is 0 Å². The Morgan fingerprint density at radius 1 is 0.846 bits per heavy atom. The number of unbranched alkanes of at least 4 members (excludes halogenated alkanes) is 6. The largest absolute Gasteiger partial charge is 0.289 e. The number of pyridine rings is 1. The molecule has 0 spiro atoms. The highest BCUT2D eigenvalue weighted by molar-refractivity contribution is 9.09. The van der Waals surface area contributed by atoms with Gasteiger partial charge in [0.15, 0.2) is 18.2 Å². The van der Waals surface area contributed by atoms with Crippen LogP contribution in [0.15, 0.2) is 60.9 Å². The van der Waals surface area contributed by atoms with Crippen LogP contribution in [0, 0.1) is 0 Å². The molecule has 0 radical (unpaired) electrons. The van der Waals surface area contributed by atoms with Crippen molar-refractivity contribution in [1.29, 1.82) is 0 Å². The molecule has 0 atom stereocenters. The van der Waals surface area contributed by atoms with Gasteiger partial charge < -0.3 is 0 Å². The summed E-state index contributed by atoms with van der Waals surface area (Å²) < 4.78 is 2.22. The van der Waals surface area contributed by atoms with Gasteiger partial charge in [-0.05, 0) is 24.5 Å². The third-order valence-corrected chi connectivity index (χ3v) is 5.01. The van der Waals surface area contributed by atoms with Crippen LogP contribution in [0.4, 0.5) is 0 Å². The highest BCUT2D eigenvalue weighted by Gasteiger charge is 2.02. The average molecular weight is 415 g/mol. The molecule has 1 aromatic carbocycles. The topological polar surface area (TPSA) is 20.9 Å². The number of carbonyl (C=O) groups excluding carboxylic acids is 1. The minimum Gasteiger partial charge on any atom is -0.289 e. The second-order valence-electron chi connectivity index (χ2n) is 6.60. The molecule has 0 saturated heterocycles. The molecule has 0 aliphatic carbocycles. The van der Waals surface area contributed by atoms with Crippen LogP contribution in [0.5, 0.6) is 0 Å². The summed E-state index contributed by atoms with van der Waals surface area (Å²) in [6, 6.07) is 13.5. The Bertz CT molecular complexity index is 664. The first-order chi connectivity index (χ1) is 12.8. The minimum atomic E-state index is 0.0402. The van der Waals surface area contributed by atoms with Gasteiger partial charge in [0.25, 0.3) is 0 Å². The maximum Gasteiger partial charge on any atom is 0.185 e. The number of ketones is 1. The second kappa shape index (κ2) is 12.6. The zero-order chi connectivity index (χ0) is 18.5. The number of rotatable bonds is 12. The van der Waals surface area contributed by atoms with E-state index in [1.807, 2.05) is 36.4 Å². The number of halogens is 1. The Hall–Kier alpha value is -1.74. The monoisotopic (exact) mass is 414 g/mol. The fourth-order valence-electron chi connectivity index (χ4n) is 2.87. The van der Waals surface area contributed by atoms with E-state index in [4.69, 9.17) is 0 Å². The van der Waals surface area contributed by atoms with Crippen molar-refractivity contribution in [3.05, 3.63) is 72.1 Å². The molecule has 0 aliphatic rings. The van der Waals surface area contributed by atoms with Crippen LogP contribution in [0.1, 0.15) is 60.9 Å². The number of carbonyl (C=O) groups is 1. The van der Waals surface area contributed by atoms with Gasteiger partial charge in [-0.2, -0.15) is 0 Å². The summed E-state index contributed by atoms with van der Waals surface area (Å²) in [5, 5.41) is 1.13. The molecule has 1 heterocycles. The van der Waals surface area contributed by atoms with Crippen LogP contribution >= 0.6 is 15.9 Å². The number of hydrogen-bond donors (Lipinski definition) is 0. The van der Waals surface area contributed by atoms with Gasteiger partial charge in [0, 0.05) is 29.4 Å². The van der Waals surface area contributed by atoms with E-state index in [1.54, 1.807) is 6.08 Å². The molecule has 2 rings (SSSR count). The van der Waals surface area contributed by atoms with Crippen LogP contribution in [0.2, 0.25) is 0 Å². The molecule has 26 heavy (non-hydrogen) atoms. The van der Waals surface area contributed by atoms with Crippen molar-refractivity contribution >= 4 is 27.8 Å². The van der Waals surface area contributed by atoms with Gasteiger partial charge in [-0.15, -0.1) is 0 Å². The van der Waals surface area contributed by atoms with Crippen molar-refractivity contribution in [3.63, 3.8) is 0 Å². The number of benzene rings is 1. The fraction of sp³-hybridized carbons (Fsp3) is 0.391. The molecule has 0 aliphatic heterocycles. The number of hydrogen-bond acceptors (Lipinski definition) is 1. The summed E-state index contributed by atoms with van der Waals surface area (Å²) in [4.78, 5) is 12.1. The van der Waals surface area contributed by atoms with Gasteiger partial charge in [0.05, 0.1) is 0 Å². The third-order valence-electron chi connectivity index (χ3n) is 4.45.